The van der Waals surface area contributed by atoms with Crippen LogP contribution in [0.2, 0.25) is 0 Å². The molecule has 0 unspecified atom stereocenters. The summed E-state index contributed by atoms with van der Waals surface area (Å²) in [5, 5.41) is 9.66. The Kier molecular flexibility index (Phi) is 4.59. The van der Waals surface area contributed by atoms with Gasteiger partial charge in [0.2, 0.25) is 0 Å². The van der Waals surface area contributed by atoms with Crippen LogP contribution in [-0.2, 0) is 6.42 Å². The van der Waals surface area contributed by atoms with Gasteiger partial charge in [0.05, 0.1) is 7.11 Å². The Labute approximate surface area is 124 Å². The van der Waals surface area contributed by atoms with Gasteiger partial charge in [-0.3, -0.25) is 0 Å². The number of phenolic OH excluding ortho intramolecular Hbond substituents is 1. The van der Waals surface area contributed by atoms with Crippen LogP contribution in [0.4, 0.5) is 5.82 Å². The summed E-state index contributed by atoms with van der Waals surface area (Å²) in [7, 11) is 1.50. The number of methoxy groups -OCH3 is 1. The number of aromatic hydroxyl groups is 1. The molecule has 6 heteroatoms. The average Bonchev–Trinajstić information content (AvgIpc) is 2.46. The summed E-state index contributed by atoms with van der Waals surface area (Å²) in [6.07, 6.45) is 0.833. The van der Waals surface area contributed by atoms with Crippen molar-refractivity contribution in [1.82, 2.24) is 9.97 Å². The minimum absolute atomic E-state index is 0.0803. The normalized spacial score (nSPS) is 10.7. The van der Waals surface area contributed by atoms with E-state index in [1.54, 1.807) is 18.2 Å². The SMILES string of the molecule is COc1cc(-c2nc(CC(C)C)cc(NN)n2)ccc1O. The van der Waals surface area contributed by atoms with Gasteiger partial charge < -0.3 is 15.3 Å². The van der Waals surface area contributed by atoms with Crippen molar-refractivity contribution in [2.75, 3.05) is 12.5 Å². The van der Waals surface area contributed by atoms with Crippen molar-refractivity contribution in [2.24, 2.45) is 11.8 Å². The fraction of sp³-hybridized carbons (Fsp3) is 0.333. The largest absolute Gasteiger partial charge is 0.504 e. The molecule has 2 aromatic rings. The Morgan fingerprint density at radius 2 is 2.05 bits per heavy atom. The molecule has 21 heavy (non-hydrogen) atoms. The summed E-state index contributed by atoms with van der Waals surface area (Å²) >= 11 is 0. The number of hydrazine groups is 1. The molecule has 0 aliphatic rings. The molecule has 0 saturated carbocycles. The highest BCUT2D eigenvalue weighted by atomic mass is 16.5. The molecule has 0 amide bonds. The molecule has 0 aliphatic carbocycles. The van der Waals surface area contributed by atoms with Crippen LogP contribution in [0, 0.1) is 5.92 Å². The van der Waals surface area contributed by atoms with Crippen molar-refractivity contribution in [2.45, 2.75) is 20.3 Å². The van der Waals surface area contributed by atoms with Crippen LogP contribution in [0.5, 0.6) is 11.5 Å². The van der Waals surface area contributed by atoms with Gasteiger partial charge in [-0.25, -0.2) is 15.8 Å². The molecule has 0 saturated heterocycles. The van der Waals surface area contributed by atoms with Crippen LogP contribution in [-0.4, -0.2) is 22.2 Å². The quantitative estimate of drug-likeness (QED) is 0.577. The van der Waals surface area contributed by atoms with Gasteiger partial charge in [-0.15, -0.1) is 0 Å². The minimum Gasteiger partial charge on any atom is -0.504 e. The summed E-state index contributed by atoms with van der Waals surface area (Å²) in [5.74, 6) is 7.51. The number of phenols is 1. The maximum Gasteiger partial charge on any atom is 0.161 e. The van der Waals surface area contributed by atoms with Crippen molar-refractivity contribution < 1.29 is 9.84 Å². The highest BCUT2D eigenvalue weighted by Crippen LogP contribution is 2.30. The molecule has 0 spiro atoms. The first-order chi connectivity index (χ1) is 10.0. The van der Waals surface area contributed by atoms with Gasteiger partial charge in [-0.05, 0) is 30.5 Å². The van der Waals surface area contributed by atoms with Gasteiger partial charge >= 0.3 is 0 Å². The first-order valence-corrected chi connectivity index (χ1v) is 6.75. The standard InChI is InChI=1S/C15H20N4O2/c1-9(2)6-11-8-14(19-16)18-15(17-11)10-4-5-12(20)13(7-10)21-3/h4-5,7-9,20H,6,16H2,1-3H3,(H,17,18,19). The Balaban J connectivity index is 2.47. The first-order valence-electron chi connectivity index (χ1n) is 6.75. The molecule has 1 heterocycles. The van der Waals surface area contributed by atoms with Crippen LogP contribution in [0.15, 0.2) is 24.3 Å². The van der Waals surface area contributed by atoms with Crippen molar-refractivity contribution in [3.63, 3.8) is 0 Å². The lowest BCUT2D eigenvalue weighted by molar-refractivity contribution is 0.373. The summed E-state index contributed by atoms with van der Waals surface area (Å²) in [6.45, 7) is 4.25. The Bertz CT molecular complexity index is 629. The summed E-state index contributed by atoms with van der Waals surface area (Å²) in [5.41, 5.74) is 4.23. The second-order valence-electron chi connectivity index (χ2n) is 5.20. The lowest BCUT2D eigenvalue weighted by atomic mass is 10.1. The Morgan fingerprint density at radius 3 is 2.67 bits per heavy atom. The number of anilines is 1. The fourth-order valence-corrected chi connectivity index (χ4v) is 2.04. The average molecular weight is 288 g/mol. The zero-order valence-corrected chi connectivity index (χ0v) is 12.4. The van der Waals surface area contributed by atoms with Crippen molar-refractivity contribution in [1.29, 1.82) is 0 Å². The third kappa shape index (κ3) is 3.61. The summed E-state index contributed by atoms with van der Waals surface area (Å²) < 4.78 is 5.11. The molecule has 0 atom stereocenters. The highest BCUT2D eigenvalue weighted by molar-refractivity contribution is 5.62. The maximum atomic E-state index is 9.66. The van der Waals surface area contributed by atoms with Crippen LogP contribution in [0.1, 0.15) is 19.5 Å². The predicted molar refractivity (Wildman–Crippen MR) is 82.0 cm³/mol. The first kappa shape index (κ1) is 15.1. The third-order valence-corrected chi connectivity index (χ3v) is 2.98. The molecule has 6 nitrogen and oxygen atoms in total. The van der Waals surface area contributed by atoms with Gasteiger partial charge in [0.1, 0.15) is 5.82 Å². The molecule has 0 fully saturated rings. The van der Waals surface area contributed by atoms with E-state index in [0.717, 1.165) is 17.7 Å². The van der Waals surface area contributed by atoms with E-state index in [4.69, 9.17) is 10.6 Å². The number of ether oxygens (including phenoxy) is 1. The smallest absolute Gasteiger partial charge is 0.161 e. The highest BCUT2D eigenvalue weighted by Gasteiger charge is 2.10. The lowest BCUT2D eigenvalue weighted by Crippen LogP contribution is -2.11. The number of hydrogen-bond donors (Lipinski definition) is 3. The van der Waals surface area contributed by atoms with Crippen LogP contribution in [0.25, 0.3) is 11.4 Å². The van der Waals surface area contributed by atoms with Crippen molar-refractivity contribution in [3.05, 3.63) is 30.0 Å². The Morgan fingerprint density at radius 1 is 1.29 bits per heavy atom. The molecule has 112 valence electrons. The van der Waals surface area contributed by atoms with Crippen molar-refractivity contribution >= 4 is 5.82 Å². The number of aromatic nitrogens is 2. The molecule has 0 aliphatic heterocycles. The van der Waals surface area contributed by atoms with Gasteiger partial charge in [0, 0.05) is 17.3 Å². The number of nitrogens with zero attached hydrogens (tertiary/aromatic N) is 2. The van der Waals surface area contributed by atoms with E-state index in [1.807, 2.05) is 6.07 Å². The molecule has 1 aromatic carbocycles. The monoisotopic (exact) mass is 288 g/mol. The van der Waals surface area contributed by atoms with Gasteiger partial charge in [-0.1, -0.05) is 13.8 Å². The number of nitrogens with one attached hydrogen (secondary N) is 1. The van der Waals surface area contributed by atoms with Gasteiger partial charge in [0.15, 0.2) is 17.3 Å². The number of nitrogens with two attached hydrogens (primary N) is 1. The summed E-state index contributed by atoms with van der Waals surface area (Å²) in [4.78, 5) is 8.90. The molecule has 1 aromatic heterocycles. The van der Waals surface area contributed by atoms with E-state index in [-0.39, 0.29) is 5.75 Å². The second kappa shape index (κ2) is 6.41. The number of hydrogen-bond acceptors (Lipinski definition) is 6. The second-order valence-corrected chi connectivity index (χ2v) is 5.20. The maximum absolute atomic E-state index is 9.66. The van der Waals surface area contributed by atoms with Gasteiger partial charge in [-0.2, -0.15) is 0 Å². The topological polar surface area (TPSA) is 93.3 Å². The molecular weight excluding hydrogens is 268 g/mol. The van der Waals surface area contributed by atoms with E-state index in [9.17, 15) is 5.11 Å². The third-order valence-electron chi connectivity index (χ3n) is 2.98. The molecular formula is C15H20N4O2. The number of nitrogen functional groups attached to an aromatic ring is 1. The van der Waals surface area contributed by atoms with E-state index in [0.29, 0.717) is 23.3 Å². The van der Waals surface area contributed by atoms with Crippen LogP contribution < -0.4 is 16.0 Å². The molecule has 4 N–H and O–H groups in total. The Hall–Kier alpha value is -2.34. The number of rotatable bonds is 5. The lowest BCUT2D eigenvalue weighted by Gasteiger charge is -2.10. The van der Waals surface area contributed by atoms with E-state index >= 15 is 0 Å². The van der Waals surface area contributed by atoms with E-state index in [2.05, 4.69) is 29.2 Å². The molecule has 2 rings (SSSR count). The van der Waals surface area contributed by atoms with Crippen LogP contribution in [0.3, 0.4) is 0 Å². The predicted octanol–water partition coefficient (Wildman–Crippen LogP) is 2.34. The van der Waals surface area contributed by atoms with Crippen LogP contribution >= 0.6 is 0 Å². The zero-order valence-electron chi connectivity index (χ0n) is 12.4. The minimum atomic E-state index is 0.0803. The van der Waals surface area contributed by atoms with E-state index in [1.165, 1.54) is 7.11 Å². The van der Waals surface area contributed by atoms with E-state index < -0.39 is 0 Å². The van der Waals surface area contributed by atoms with Crippen molar-refractivity contribution in [3.8, 4) is 22.9 Å². The zero-order chi connectivity index (χ0) is 15.4. The van der Waals surface area contributed by atoms with Gasteiger partial charge in [0.25, 0.3) is 0 Å². The molecule has 0 radical (unpaired) electrons. The number of benzene rings is 1. The fourth-order valence-electron chi connectivity index (χ4n) is 2.04. The molecule has 0 bridgehead atoms. The summed E-state index contributed by atoms with van der Waals surface area (Å²) in [6, 6.07) is 6.83.